The van der Waals surface area contributed by atoms with Gasteiger partial charge in [0.15, 0.2) is 0 Å². The number of nitrogens with one attached hydrogen (secondary N) is 1. The fraction of sp³-hybridized carbons (Fsp3) is 0.526. The average molecular weight is 356 g/mol. The van der Waals surface area contributed by atoms with Gasteiger partial charge >= 0.3 is 5.69 Å². The fourth-order valence-corrected chi connectivity index (χ4v) is 4.30. The molecule has 7 heteroatoms. The van der Waals surface area contributed by atoms with E-state index in [1.54, 1.807) is 35.4 Å². The summed E-state index contributed by atoms with van der Waals surface area (Å²) in [7, 11) is 3.44. The maximum absolute atomic E-state index is 12.7. The van der Waals surface area contributed by atoms with E-state index in [-0.39, 0.29) is 29.8 Å². The predicted molar refractivity (Wildman–Crippen MR) is 98.9 cm³/mol. The van der Waals surface area contributed by atoms with E-state index in [2.05, 4.69) is 5.32 Å². The minimum Gasteiger partial charge on any atom is -0.339 e. The Morgan fingerprint density at radius 1 is 1.08 bits per heavy atom. The summed E-state index contributed by atoms with van der Waals surface area (Å²) in [6.45, 7) is 0.515. The van der Waals surface area contributed by atoms with E-state index in [9.17, 15) is 14.4 Å². The number of imidazole rings is 1. The third-order valence-electron chi connectivity index (χ3n) is 5.83. The van der Waals surface area contributed by atoms with Crippen molar-refractivity contribution in [1.82, 2.24) is 14.0 Å². The molecule has 2 fully saturated rings. The van der Waals surface area contributed by atoms with E-state index < -0.39 is 0 Å². The van der Waals surface area contributed by atoms with Crippen molar-refractivity contribution in [3.63, 3.8) is 0 Å². The lowest BCUT2D eigenvalue weighted by molar-refractivity contribution is -0.129. The molecule has 2 aromatic rings. The first kappa shape index (κ1) is 16.9. The minimum absolute atomic E-state index is 0.0953. The van der Waals surface area contributed by atoms with Crippen molar-refractivity contribution in [2.24, 2.45) is 20.0 Å². The van der Waals surface area contributed by atoms with Crippen LogP contribution in [0, 0.1) is 5.92 Å². The van der Waals surface area contributed by atoms with E-state index in [0.29, 0.717) is 18.3 Å². The van der Waals surface area contributed by atoms with Crippen LogP contribution >= 0.6 is 0 Å². The molecule has 1 aromatic heterocycles. The zero-order chi connectivity index (χ0) is 18.4. The second-order valence-electron chi connectivity index (χ2n) is 7.48. The number of benzene rings is 1. The quantitative estimate of drug-likeness (QED) is 0.908. The minimum atomic E-state index is -0.307. The summed E-state index contributed by atoms with van der Waals surface area (Å²) in [5.41, 5.74) is 2.14. The molecule has 0 spiro atoms. The monoisotopic (exact) mass is 356 g/mol. The number of hydrogen-bond acceptors (Lipinski definition) is 3. The van der Waals surface area contributed by atoms with Crippen molar-refractivity contribution in [1.29, 1.82) is 0 Å². The first-order valence-corrected chi connectivity index (χ1v) is 9.21. The van der Waals surface area contributed by atoms with Gasteiger partial charge in [-0.3, -0.25) is 18.7 Å². The molecular formula is C19H24N4O3. The van der Waals surface area contributed by atoms with E-state index in [0.717, 1.165) is 23.9 Å². The molecule has 2 amide bonds. The number of aromatic nitrogens is 2. The molecule has 26 heavy (non-hydrogen) atoms. The number of carbonyl (C=O) groups is 2. The van der Waals surface area contributed by atoms with Crippen LogP contribution in [0.1, 0.15) is 32.1 Å². The Morgan fingerprint density at radius 2 is 1.77 bits per heavy atom. The number of amides is 2. The summed E-state index contributed by atoms with van der Waals surface area (Å²) < 4.78 is 3.14. The molecule has 1 aliphatic heterocycles. The summed E-state index contributed by atoms with van der Waals surface area (Å²) in [5, 5.41) is 2.92. The SMILES string of the molecule is Cn1c(=O)n(C)c2cc(NC(=O)C3CC(=O)N(C4CCCC4)C3)ccc21. The summed E-state index contributed by atoms with van der Waals surface area (Å²) in [6.07, 6.45) is 4.73. The summed E-state index contributed by atoms with van der Waals surface area (Å²) >= 11 is 0. The summed E-state index contributed by atoms with van der Waals surface area (Å²) in [6, 6.07) is 5.75. The molecule has 2 heterocycles. The van der Waals surface area contributed by atoms with Gasteiger partial charge in [-0.25, -0.2) is 4.79 Å². The van der Waals surface area contributed by atoms with Crippen LogP contribution in [-0.2, 0) is 23.7 Å². The Morgan fingerprint density at radius 3 is 2.50 bits per heavy atom. The number of carbonyl (C=O) groups excluding carboxylic acids is 2. The van der Waals surface area contributed by atoms with Gasteiger partial charge in [0.1, 0.15) is 0 Å². The zero-order valence-electron chi connectivity index (χ0n) is 15.2. The standard InChI is InChI=1S/C19H24N4O3/c1-21-15-8-7-13(10-16(15)22(2)19(21)26)20-18(25)12-9-17(24)23(11-12)14-5-3-4-6-14/h7-8,10,12,14H,3-6,9,11H2,1-2H3,(H,20,25). The average Bonchev–Trinajstić information content (AvgIpc) is 3.32. The summed E-state index contributed by atoms with van der Waals surface area (Å²) in [4.78, 5) is 38.9. The molecule has 0 bridgehead atoms. The molecule has 7 nitrogen and oxygen atoms in total. The highest BCUT2D eigenvalue weighted by Crippen LogP contribution is 2.30. The highest BCUT2D eigenvalue weighted by molar-refractivity contribution is 5.98. The highest BCUT2D eigenvalue weighted by Gasteiger charge is 2.38. The van der Waals surface area contributed by atoms with Gasteiger partial charge in [-0.1, -0.05) is 12.8 Å². The Bertz CT molecular complexity index is 936. The normalized spacial score (nSPS) is 21.1. The number of likely N-dealkylation sites (tertiary alicyclic amines) is 1. The van der Waals surface area contributed by atoms with E-state index in [4.69, 9.17) is 0 Å². The maximum Gasteiger partial charge on any atom is 0.328 e. The van der Waals surface area contributed by atoms with Gasteiger partial charge < -0.3 is 10.2 Å². The predicted octanol–water partition coefficient (Wildman–Crippen LogP) is 1.61. The van der Waals surface area contributed by atoms with Gasteiger partial charge in [0.05, 0.1) is 17.0 Å². The van der Waals surface area contributed by atoms with Crippen LogP contribution in [-0.4, -0.2) is 38.4 Å². The van der Waals surface area contributed by atoms with Crippen LogP contribution in [0.15, 0.2) is 23.0 Å². The van der Waals surface area contributed by atoms with Gasteiger partial charge in [0.2, 0.25) is 11.8 Å². The van der Waals surface area contributed by atoms with Crippen LogP contribution < -0.4 is 11.0 Å². The number of rotatable bonds is 3. The van der Waals surface area contributed by atoms with Crippen LogP contribution in [0.5, 0.6) is 0 Å². The van der Waals surface area contributed by atoms with Crippen molar-refractivity contribution < 1.29 is 9.59 Å². The molecule has 1 unspecified atom stereocenters. The number of fused-ring (bicyclic) bond motifs is 1. The number of anilines is 1. The van der Waals surface area contributed by atoms with Crippen molar-refractivity contribution in [3.8, 4) is 0 Å². The molecule has 1 saturated heterocycles. The third-order valence-corrected chi connectivity index (χ3v) is 5.83. The largest absolute Gasteiger partial charge is 0.339 e. The molecule has 1 N–H and O–H groups in total. The van der Waals surface area contributed by atoms with Crippen molar-refractivity contribution in [2.75, 3.05) is 11.9 Å². The Hall–Kier alpha value is -2.57. The van der Waals surface area contributed by atoms with Crippen LogP contribution in [0.4, 0.5) is 5.69 Å². The Labute approximate surface area is 151 Å². The Kier molecular flexibility index (Phi) is 4.09. The van der Waals surface area contributed by atoms with Crippen molar-refractivity contribution in [3.05, 3.63) is 28.7 Å². The van der Waals surface area contributed by atoms with E-state index in [1.807, 2.05) is 11.0 Å². The third kappa shape index (κ3) is 2.71. The van der Waals surface area contributed by atoms with Gasteiger partial charge in [-0.05, 0) is 31.0 Å². The number of nitrogens with zero attached hydrogens (tertiary/aromatic N) is 3. The van der Waals surface area contributed by atoms with E-state index in [1.165, 1.54) is 12.8 Å². The van der Waals surface area contributed by atoms with E-state index >= 15 is 0 Å². The smallest absolute Gasteiger partial charge is 0.328 e. The Balaban J connectivity index is 1.50. The van der Waals surface area contributed by atoms with Gasteiger partial charge in [0.25, 0.3) is 0 Å². The maximum atomic E-state index is 12.7. The molecule has 2 aliphatic rings. The van der Waals surface area contributed by atoms with Crippen LogP contribution in [0.2, 0.25) is 0 Å². The van der Waals surface area contributed by atoms with Gasteiger partial charge in [-0.2, -0.15) is 0 Å². The fourth-order valence-electron chi connectivity index (χ4n) is 4.30. The first-order chi connectivity index (χ1) is 12.5. The van der Waals surface area contributed by atoms with Gasteiger partial charge in [0, 0.05) is 38.8 Å². The zero-order valence-corrected chi connectivity index (χ0v) is 15.2. The molecule has 4 rings (SSSR count). The lowest BCUT2D eigenvalue weighted by atomic mass is 10.1. The highest BCUT2D eigenvalue weighted by atomic mass is 16.2. The molecule has 1 aromatic carbocycles. The molecule has 138 valence electrons. The van der Waals surface area contributed by atoms with Crippen LogP contribution in [0.25, 0.3) is 11.0 Å². The van der Waals surface area contributed by atoms with Crippen LogP contribution in [0.3, 0.4) is 0 Å². The number of aryl methyl sites for hydroxylation is 2. The number of hydrogen-bond donors (Lipinski definition) is 1. The second kappa shape index (κ2) is 6.30. The molecule has 1 atom stereocenters. The first-order valence-electron chi connectivity index (χ1n) is 9.21. The molecule has 0 radical (unpaired) electrons. The summed E-state index contributed by atoms with van der Waals surface area (Å²) in [5.74, 6) is -0.338. The lowest BCUT2D eigenvalue weighted by Gasteiger charge is -2.23. The van der Waals surface area contributed by atoms with Crippen molar-refractivity contribution >= 4 is 28.5 Å². The molecule has 1 saturated carbocycles. The lowest BCUT2D eigenvalue weighted by Crippen LogP contribution is -2.35. The van der Waals surface area contributed by atoms with Crippen molar-refractivity contribution in [2.45, 2.75) is 38.1 Å². The molecular weight excluding hydrogens is 332 g/mol. The second-order valence-corrected chi connectivity index (χ2v) is 7.48. The van der Waals surface area contributed by atoms with Gasteiger partial charge in [-0.15, -0.1) is 0 Å². The molecule has 1 aliphatic carbocycles. The topological polar surface area (TPSA) is 76.3 Å².